The summed E-state index contributed by atoms with van der Waals surface area (Å²) in [4.78, 5) is 32.7. The van der Waals surface area contributed by atoms with Crippen LogP contribution >= 0.6 is 0 Å². The molecule has 1 aliphatic heterocycles. The molecular formula is C39H44FN9O2. The predicted molar refractivity (Wildman–Crippen MR) is 198 cm³/mol. The second-order valence-electron chi connectivity index (χ2n) is 13.6. The number of aromatic amines is 2. The standard InChI is InChI=1S/C39H44FN9O2/c1-24(2)31(27-17-29(23-42-22-27)44-39(50)25-8-4-3-5-9-25)20-32-34(21-41)47-48-36(32)38-45-33-10-11-43-35(37(33)46-38)26-16-28(40)19-30(18-26)51-15-14-49-12-6-7-13-49/h10-11,16-23,25,47H,3-9,12-15,41H2,1-2H3,(H,44,50)(H,45,46)/b32-20+,34-21+. The molecular weight excluding hydrogens is 645 g/mol. The molecule has 2 aliphatic rings. The molecule has 11 nitrogen and oxygen atoms in total. The molecule has 1 aliphatic carbocycles. The Morgan fingerprint density at radius 2 is 1.90 bits per heavy atom. The largest absolute Gasteiger partial charge is 0.492 e. The number of anilines is 1. The Hall–Kier alpha value is -5.36. The molecule has 0 spiro atoms. The van der Waals surface area contributed by atoms with Crippen molar-refractivity contribution < 1.29 is 13.9 Å². The fourth-order valence-corrected chi connectivity index (χ4v) is 7.08. The van der Waals surface area contributed by atoms with E-state index in [0.29, 0.717) is 51.7 Å². The number of hydrogen-bond acceptors (Lipinski definition) is 8. The minimum absolute atomic E-state index is 0.0356. The molecule has 4 aromatic heterocycles. The number of halogens is 1. The van der Waals surface area contributed by atoms with Crippen LogP contribution in [0.5, 0.6) is 5.75 Å². The monoisotopic (exact) mass is 689 g/mol. The zero-order valence-electron chi connectivity index (χ0n) is 29.1. The Morgan fingerprint density at radius 3 is 2.69 bits per heavy atom. The lowest BCUT2D eigenvalue weighted by atomic mass is 9.88. The highest BCUT2D eigenvalue weighted by molar-refractivity contribution is 5.96. The first-order chi connectivity index (χ1) is 24.9. The number of ether oxygens (including phenoxy) is 1. The van der Waals surface area contributed by atoms with E-state index in [2.05, 4.69) is 35.4 Å². The molecule has 5 heterocycles. The zero-order chi connectivity index (χ0) is 35.3. The smallest absolute Gasteiger partial charge is 0.227 e. The molecule has 12 heteroatoms. The topological polar surface area (TPSA) is 151 Å². The van der Waals surface area contributed by atoms with E-state index in [0.717, 1.165) is 72.8 Å². The van der Waals surface area contributed by atoms with Crippen molar-refractivity contribution >= 4 is 40.5 Å². The lowest BCUT2D eigenvalue weighted by molar-refractivity contribution is -0.120. The average Bonchev–Trinajstić information content (AvgIpc) is 3.90. The van der Waals surface area contributed by atoms with E-state index in [4.69, 9.17) is 15.5 Å². The lowest BCUT2D eigenvalue weighted by Gasteiger charge is -2.20. The number of benzene rings is 1. The molecule has 1 aromatic carbocycles. The molecule has 1 saturated carbocycles. The highest BCUT2D eigenvalue weighted by Crippen LogP contribution is 2.31. The van der Waals surface area contributed by atoms with Crippen LogP contribution in [-0.2, 0) is 4.79 Å². The van der Waals surface area contributed by atoms with Gasteiger partial charge in [0.2, 0.25) is 5.91 Å². The molecule has 51 heavy (non-hydrogen) atoms. The molecule has 0 unspecified atom stereocenters. The fraction of sp³-hybridized carbons (Fsp3) is 0.359. The summed E-state index contributed by atoms with van der Waals surface area (Å²) >= 11 is 0. The minimum atomic E-state index is -0.410. The predicted octanol–water partition coefficient (Wildman–Crippen LogP) is 5.51. The van der Waals surface area contributed by atoms with Gasteiger partial charge in [-0.25, -0.2) is 9.37 Å². The van der Waals surface area contributed by atoms with E-state index >= 15 is 0 Å². The van der Waals surface area contributed by atoms with Crippen LogP contribution in [0.2, 0.25) is 0 Å². The number of amides is 1. The summed E-state index contributed by atoms with van der Waals surface area (Å²) < 4.78 is 20.9. The Labute approximate surface area is 295 Å². The first kappa shape index (κ1) is 34.1. The number of nitrogens with zero attached hydrogens (tertiary/aromatic N) is 5. The zero-order valence-corrected chi connectivity index (χ0v) is 29.1. The Morgan fingerprint density at radius 1 is 1.08 bits per heavy atom. The van der Waals surface area contributed by atoms with Crippen LogP contribution in [0.15, 0.2) is 54.5 Å². The van der Waals surface area contributed by atoms with E-state index in [-0.39, 0.29) is 11.8 Å². The van der Waals surface area contributed by atoms with Crippen LogP contribution < -0.4 is 26.4 Å². The molecule has 2 fully saturated rings. The minimum Gasteiger partial charge on any atom is -0.492 e. The van der Waals surface area contributed by atoms with Crippen LogP contribution in [0, 0.1) is 11.7 Å². The number of pyridine rings is 2. The molecule has 0 radical (unpaired) electrons. The number of fused-ring (bicyclic) bond motifs is 1. The summed E-state index contributed by atoms with van der Waals surface area (Å²) in [6, 6.07) is 8.42. The molecule has 0 bridgehead atoms. The second kappa shape index (κ2) is 15.3. The van der Waals surface area contributed by atoms with Gasteiger partial charge in [-0.15, -0.1) is 0 Å². The average molecular weight is 690 g/mol. The van der Waals surface area contributed by atoms with Gasteiger partial charge in [0.25, 0.3) is 0 Å². The first-order valence-electron chi connectivity index (χ1n) is 17.8. The van der Waals surface area contributed by atoms with Gasteiger partial charge in [0, 0.05) is 53.5 Å². The molecule has 264 valence electrons. The number of likely N-dealkylation sites (tertiary alicyclic amines) is 1. The van der Waals surface area contributed by atoms with Gasteiger partial charge in [-0.05, 0) is 88.5 Å². The van der Waals surface area contributed by atoms with Crippen molar-refractivity contribution in [1.82, 2.24) is 35.0 Å². The molecule has 7 rings (SSSR count). The Bertz CT molecular complexity index is 2190. The maximum Gasteiger partial charge on any atom is 0.227 e. The Kier molecular flexibility index (Phi) is 10.2. The van der Waals surface area contributed by atoms with Crippen molar-refractivity contribution in [2.24, 2.45) is 11.7 Å². The summed E-state index contributed by atoms with van der Waals surface area (Å²) in [6.45, 7) is 7.48. The van der Waals surface area contributed by atoms with Crippen LogP contribution in [0.4, 0.5) is 10.1 Å². The van der Waals surface area contributed by atoms with E-state index < -0.39 is 5.82 Å². The number of carbonyl (C=O) groups is 1. The van der Waals surface area contributed by atoms with Crippen LogP contribution in [0.3, 0.4) is 0 Å². The van der Waals surface area contributed by atoms with Gasteiger partial charge in [0.15, 0.2) is 5.82 Å². The fourth-order valence-electron chi connectivity index (χ4n) is 7.08. The summed E-state index contributed by atoms with van der Waals surface area (Å²) in [7, 11) is 0. The van der Waals surface area contributed by atoms with E-state index in [1.54, 1.807) is 24.7 Å². The first-order valence-corrected chi connectivity index (χ1v) is 17.8. The van der Waals surface area contributed by atoms with Crippen molar-refractivity contribution in [2.45, 2.75) is 58.8 Å². The number of imidazole rings is 1. The number of aromatic nitrogens is 6. The van der Waals surface area contributed by atoms with Crippen LogP contribution in [0.25, 0.3) is 51.7 Å². The number of nitrogens with one attached hydrogen (secondary N) is 3. The third kappa shape index (κ3) is 7.70. The maximum atomic E-state index is 14.9. The summed E-state index contributed by atoms with van der Waals surface area (Å²) in [5.41, 5.74) is 12.4. The highest BCUT2D eigenvalue weighted by atomic mass is 19.1. The summed E-state index contributed by atoms with van der Waals surface area (Å²) in [5.74, 6) is 0.618. The van der Waals surface area contributed by atoms with Gasteiger partial charge in [0.05, 0.1) is 28.4 Å². The van der Waals surface area contributed by atoms with Crippen molar-refractivity contribution in [1.29, 1.82) is 0 Å². The van der Waals surface area contributed by atoms with Gasteiger partial charge >= 0.3 is 0 Å². The molecule has 0 atom stereocenters. The van der Waals surface area contributed by atoms with Crippen molar-refractivity contribution in [3.05, 3.63) is 76.4 Å². The molecule has 5 aromatic rings. The number of nitrogens with two attached hydrogens (primary N) is 1. The van der Waals surface area contributed by atoms with Crippen LogP contribution in [0.1, 0.15) is 64.4 Å². The van der Waals surface area contributed by atoms with E-state index in [9.17, 15) is 9.18 Å². The van der Waals surface area contributed by atoms with E-state index in [1.807, 2.05) is 32.1 Å². The lowest BCUT2D eigenvalue weighted by Crippen LogP contribution is -2.26. The second-order valence-corrected chi connectivity index (χ2v) is 13.6. The van der Waals surface area contributed by atoms with Crippen molar-refractivity contribution in [3.63, 3.8) is 0 Å². The third-order valence-electron chi connectivity index (χ3n) is 9.77. The molecule has 1 amide bonds. The van der Waals surface area contributed by atoms with Crippen molar-refractivity contribution in [3.8, 4) is 28.5 Å². The number of allylic oxidation sites excluding steroid dienone is 2. The SMILES string of the molecule is CC(C)=C(/C=c1/c(-c2nc3c(-c4cc(F)cc(OCCN5CCCC5)c4)nccc3[nH]2)n[nH]/c1=C/N)c1cncc(NC(=O)C2CCCCC2)c1. The number of carbonyl (C=O) groups excluding carboxylic acids is 1. The van der Waals surface area contributed by atoms with Gasteiger partial charge in [0.1, 0.15) is 29.4 Å². The molecule has 1 saturated heterocycles. The maximum absolute atomic E-state index is 14.9. The van der Waals surface area contributed by atoms with Gasteiger partial charge in [-0.3, -0.25) is 24.8 Å². The van der Waals surface area contributed by atoms with Gasteiger partial charge < -0.3 is 20.8 Å². The molecule has 5 N–H and O–H groups in total. The summed E-state index contributed by atoms with van der Waals surface area (Å²) in [6.07, 6.45) is 16.2. The normalized spacial score (nSPS) is 16.2. The highest BCUT2D eigenvalue weighted by Gasteiger charge is 2.22. The third-order valence-corrected chi connectivity index (χ3v) is 9.77. The van der Waals surface area contributed by atoms with E-state index in [1.165, 1.54) is 37.6 Å². The van der Waals surface area contributed by atoms with Gasteiger partial charge in [-0.1, -0.05) is 24.8 Å². The number of H-pyrrole nitrogens is 2. The quantitative estimate of drug-likeness (QED) is 0.150. The number of hydrogen-bond donors (Lipinski definition) is 4. The van der Waals surface area contributed by atoms with Crippen LogP contribution in [-0.4, -0.2) is 67.2 Å². The Balaban J connectivity index is 1.21. The number of rotatable bonds is 10. The van der Waals surface area contributed by atoms with Crippen molar-refractivity contribution in [2.75, 3.05) is 31.6 Å². The summed E-state index contributed by atoms with van der Waals surface area (Å²) in [5, 5.41) is 12.1. The van der Waals surface area contributed by atoms with Gasteiger partial charge in [-0.2, -0.15) is 5.10 Å².